The van der Waals surface area contributed by atoms with Crippen molar-refractivity contribution in [2.24, 2.45) is 0 Å². The molecule has 0 radical (unpaired) electrons. The van der Waals surface area contributed by atoms with Gasteiger partial charge in [0.15, 0.2) is 0 Å². The second kappa shape index (κ2) is 7.82. The Morgan fingerprint density at radius 2 is 1.79 bits per heavy atom. The van der Waals surface area contributed by atoms with Crippen molar-refractivity contribution in [2.45, 2.75) is 51.0 Å². The third-order valence-corrected chi connectivity index (χ3v) is 3.64. The van der Waals surface area contributed by atoms with Crippen LogP contribution in [0.5, 0.6) is 0 Å². The van der Waals surface area contributed by atoms with Gasteiger partial charge < -0.3 is 10.1 Å². The minimum Gasteiger partial charge on any atom is -0.449 e. The Kier molecular flexibility index (Phi) is 5.73. The van der Waals surface area contributed by atoms with Gasteiger partial charge in [-0.3, -0.25) is 0 Å². The molecule has 0 heterocycles. The second-order valence-corrected chi connectivity index (χ2v) is 5.20. The van der Waals surface area contributed by atoms with Gasteiger partial charge in [0, 0.05) is 12.5 Å². The number of rotatable bonds is 4. The molecule has 1 saturated carbocycles. The predicted molar refractivity (Wildman–Crippen MR) is 76.1 cm³/mol. The molecule has 2 rings (SSSR count). The average molecular weight is 261 g/mol. The fourth-order valence-corrected chi connectivity index (χ4v) is 2.54. The van der Waals surface area contributed by atoms with Crippen LogP contribution in [0.4, 0.5) is 4.79 Å². The first-order valence-corrected chi connectivity index (χ1v) is 7.32. The van der Waals surface area contributed by atoms with Crippen LogP contribution in [0.15, 0.2) is 30.3 Å². The topological polar surface area (TPSA) is 38.3 Å². The van der Waals surface area contributed by atoms with Crippen LogP contribution in [-0.4, -0.2) is 18.7 Å². The van der Waals surface area contributed by atoms with E-state index in [-0.39, 0.29) is 6.09 Å². The summed E-state index contributed by atoms with van der Waals surface area (Å²) in [6.45, 7) is 0.447. The molecule has 0 spiro atoms. The third-order valence-electron chi connectivity index (χ3n) is 3.64. The molecule has 0 bridgehead atoms. The van der Waals surface area contributed by atoms with Gasteiger partial charge in [0.05, 0.1) is 6.61 Å². The summed E-state index contributed by atoms with van der Waals surface area (Å²) in [5.41, 5.74) is 1.20. The molecule has 3 heteroatoms. The fraction of sp³-hybridized carbons (Fsp3) is 0.562. The predicted octanol–water partition coefficient (Wildman–Crippen LogP) is 3.68. The Hall–Kier alpha value is -1.51. The van der Waals surface area contributed by atoms with E-state index in [1.807, 2.05) is 30.3 Å². The van der Waals surface area contributed by atoms with Gasteiger partial charge in [0.25, 0.3) is 0 Å². The summed E-state index contributed by atoms with van der Waals surface area (Å²) in [7, 11) is 0. The summed E-state index contributed by atoms with van der Waals surface area (Å²) in [6.07, 6.45) is 7.72. The van der Waals surface area contributed by atoms with Crippen LogP contribution in [0.1, 0.15) is 44.1 Å². The second-order valence-electron chi connectivity index (χ2n) is 5.20. The smallest absolute Gasteiger partial charge is 0.407 e. The number of nitrogens with one attached hydrogen (secondary N) is 1. The molecule has 0 atom stereocenters. The molecule has 1 N–H and O–H groups in total. The van der Waals surface area contributed by atoms with Gasteiger partial charge in [-0.05, 0) is 18.4 Å². The third kappa shape index (κ3) is 5.33. The molecule has 0 saturated heterocycles. The molecule has 104 valence electrons. The number of amides is 1. The van der Waals surface area contributed by atoms with E-state index in [0.29, 0.717) is 12.6 Å². The highest BCUT2D eigenvalue weighted by Gasteiger charge is 2.15. The number of alkyl carbamates (subject to hydrolysis) is 1. The number of hydrogen-bond donors (Lipinski definition) is 1. The van der Waals surface area contributed by atoms with E-state index in [1.165, 1.54) is 31.2 Å². The normalized spacial score (nSPS) is 16.6. The first kappa shape index (κ1) is 13.9. The first-order chi connectivity index (χ1) is 9.34. The highest BCUT2D eigenvalue weighted by atomic mass is 16.5. The molecule has 3 nitrogen and oxygen atoms in total. The Labute approximate surface area is 115 Å². The standard InChI is InChI=1S/C16H23NO2/c18-16(17-15-10-6-1-2-7-11-15)19-13-12-14-8-4-3-5-9-14/h3-5,8-9,15H,1-2,6-7,10-13H2,(H,17,18). The SMILES string of the molecule is O=C(NC1CCCCCC1)OCCc1ccccc1. The largest absolute Gasteiger partial charge is 0.449 e. The Balaban J connectivity index is 1.64. The van der Waals surface area contributed by atoms with Crippen molar-refractivity contribution in [1.82, 2.24) is 5.32 Å². The first-order valence-electron chi connectivity index (χ1n) is 7.32. The van der Waals surface area contributed by atoms with Gasteiger partial charge in [-0.2, -0.15) is 0 Å². The van der Waals surface area contributed by atoms with E-state index in [9.17, 15) is 4.79 Å². The van der Waals surface area contributed by atoms with E-state index >= 15 is 0 Å². The van der Waals surface area contributed by atoms with Crippen LogP contribution in [0.25, 0.3) is 0 Å². The van der Waals surface area contributed by atoms with Gasteiger partial charge in [0.2, 0.25) is 0 Å². The van der Waals surface area contributed by atoms with Crippen LogP contribution in [0, 0.1) is 0 Å². The quantitative estimate of drug-likeness (QED) is 0.840. The lowest BCUT2D eigenvalue weighted by Crippen LogP contribution is -2.35. The van der Waals surface area contributed by atoms with E-state index in [1.54, 1.807) is 0 Å². The molecule has 19 heavy (non-hydrogen) atoms. The van der Waals surface area contributed by atoms with Gasteiger partial charge in [-0.15, -0.1) is 0 Å². The van der Waals surface area contributed by atoms with Crippen molar-refractivity contribution in [2.75, 3.05) is 6.61 Å². The summed E-state index contributed by atoms with van der Waals surface area (Å²) in [5.74, 6) is 0. The Morgan fingerprint density at radius 3 is 2.47 bits per heavy atom. The highest BCUT2D eigenvalue weighted by molar-refractivity contribution is 5.67. The minimum absolute atomic E-state index is 0.261. The van der Waals surface area contributed by atoms with E-state index < -0.39 is 0 Å². The zero-order chi connectivity index (χ0) is 13.3. The average Bonchev–Trinajstić information content (AvgIpc) is 2.68. The molecule has 1 aliphatic rings. The number of benzene rings is 1. The van der Waals surface area contributed by atoms with Gasteiger partial charge in [-0.25, -0.2) is 4.79 Å². The molecule has 1 fully saturated rings. The van der Waals surface area contributed by atoms with Crippen LogP contribution < -0.4 is 5.32 Å². The highest BCUT2D eigenvalue weighted by Crippen LogP contribution is 2.17. The van der Waals surface area contributed by atoms with Crippen LogP contribution in [0.2, 0.25) is 0 Å². The van der Waals surface area contributed by atoms with Gasteiger partial charge in [-0.1, -0.05) is 56.0 Å². The van der Waals surface area contributed by atoms with E-state index in [0.717, 1.165) is 19.3 Å². The maximum Gasteiger partial charge on any atom is 0.407 e. The molecule has 0 unspecified atom stereocenters. The van der Waals surface area contributed by atoms with E-state index in [4.69, 9.17) is 4.74 Å². The van der Waals surface area contributed by atoms with Crippen molar-refractivity contribution in [3.05, 3.63) is 35.9 Å². The molecule has 1 aliphatic carbocycles. The van der Waals surface area contributed by atoms with Crippen molar-refractivity contribution < 1.29 is 9.53 Å². The van der Waals surface area contributed by atoms with Crippen LogP contribution in [0.3, 0.4) is 0 Å². The molecule has 0 aromatic heterocycles. The van der Waals surface area contributed by atoms with Crippen LogP contribution >= 0.6 is 0 Å². The van der Waals surface area contributed by atoms with Gasteiger partial charge >= 0.3 is 6.09 Å². The molecule has 0 aliphatic heterocycles. The van der Waals surface area contributed by atoms with Crippen molar-refractivity contribution >= 4 is 6.09 Å². The lowest BCUT2D eigenvalue weighted by Gasteiger charge is -2.16. The monoisotopic (exact) mass is 261 g/mol. The maximum atomic E-state index is 11.7. The number of carbonyl (C=O) groups is 1. The summed E-state index contributed by atoms with van der Waals surface area (Å²) >= 11 is 0. The van der Waals surface area contributed by atoms with Gasteiger partial charge in [0.1, 0.15) is 0 Å². The number of ether oxygens (including phenoxy) is 1. The lowest BCUT2D eigenvalue weighted by atomic mass is 10.1. The number of carbonyl (C=O) groups excluding carboxylic acids is 1. The van der Waals surface area contributed by atoms with Crippen molar-refractivity contribution in [1.29, 1.82) is 0 Å². The summed E-state index contributed by atoms with van der Waals surface area (Å²) in [4.78, 5) is 11.7. The van der Waals surface area contributed by atoms with Crippen LogP contribution in [-0.2, 0) is 11.2 Å². The number of hydrogen-bond acceptors (Lipinski definition) is 2. The maximum absolute atomic E-state index is 11.7. The zero-order valence-electron chi connectivity index (χ0n) is 11.4. The summed E-state index contributed by atoms with van der Waals surface area (Å²) in [5, 5.41) is 2.98. The zero-order valence-corrected chi connectivity index (χ0v) is 11.4. The molecule has 1 aromatic rings. The van der Waals surface area contributed by atoms with E-state index in [2.05, 4.69) is 5.32 Å². The lowest BCUT2D eigenvalue weighted by molar-refractivity contribution is 0.142. The molecule has 1 aromatic carbocycles. The molecular weight excluding hydrogens is 238 g/mol. The summed E-state index contributed by atoms with van der Waals surface area (Å²) in [6, 6.07) is 10.4. The fourth-order valence-electron chi connectivity index (χ4n) is 2.54. The minimum atomic E-state index is -0.261. The van der Waals surface area contributed by atoms with Crippen molar-refractivity contribution in [3.63, 3.8) is 0 Å². The Bertz CT molecular complexity index is 370. The van der Waals surface area contributed by atoms with Crippen molar-refractivity contribution in [3.8, 4) is 0 Å². The molecular formula is C16H23NO2. The Morgan fingerprint density at radius 1 is 1.11 bits per heavy atom. The molecule has 1 amide bonds. The summed E-state index contributed by atoms with van der Waals surface area (Å²) < 4.78 is 5.24.